The summed E-state index contributed by atoms with van der Waals surface area (Å²) in [6.45, 7) is 3.27. The van der Waals surface area contributed by atoms with Crippen molar-refractivity contribution in [3.05, 3.63) is 16.1 Å². The molecule has 1 aromatic heterocycles. The highest BCUT2D eigenvalue weighted by atomic mass is 32.2. The molecule has 0 saturated carbocycles. The zero-order chi connectivity index (χ0) is 11.5. The smallest absolute Gasteiger partial charge is 0.214 e. The molecule has 1 rings (SSSR count). The Balaban J connectivity index is 2.67. The monoisotopic (exact) mass is 250 g/mol. The van der Waals surface area contributed by atoms with Gasteiger partial charge in [-0.2, -0.15) is 0 Å². The first-order chi connectivity index (χ1) is 6.94. The summed E-state index contributed by atoms with van der Waals surface area (Å²) in [7, 11) is -3.40. The Hall–Kier alpha value is -0.500. The van der Waals surface area contributed by atoms with E-state index in [0.29, 0.717) is 0 Å². The molecule has 1 heterocycles. The molecule has 0 aliphatic rings. The van der Waals surface area contributed by atoms with Crippen LogP contribution in [0.5, 0.6) is 0 Å². The Morgan fingerprint density at radius 1 is 1.67 bits per heavy atom. The van der Waals surface area contributed by atoms with Gasteiger partial charge in [0.2, 0.25) is 10.0 Å². The van der Waals surface area contributed by atoms with E-state index < -0.39 is 10.0 Å². The van der Waals surface area contributed by atoms with E-state index in [1.807, 2.05) is 6.92 Å². The Morgan fingerprint density at radius 2 is 2.33 bits per heavy atom. The third-order valence-corrected chi connectivity index (χ3v) is 4.25. The Kier molecular flexibility index (Phi) is 4.21. The Bertz CT molecular complexity index is 413. The molecule has 86 valence electrons. The number of aliphatic hydroxyl groups excluding tert-OH is 1. The molecule has 0 radical (unpaired) electrons. The standard InChI is InChI=1S/C8H14N2O3S2/c1-6-5-9-8(14-6)7(2)10-15(12,13)4-3-11/h5,7,10-11H,3-4H2,1-2H3. The molecular formula is C8H14N2O3S2. The predicted molar refractivity (Wildman–Crippen MR) is 59.3 cm³/mol. The highest BCUT2D eigenvalue weighted by Crippen LogP contribution is 2.19. The number of nitrogens with one attached hydrogen (secondary N) is 1. The fourth-order valence-electron chi connectivity index (χ4n) is 1.07. The zero-order valence-electron chi connectivity index (χ0n) is 8.60. The number of thiazole rings is 1. The van der Waals surface area contributed by atoms with Gasteiger partial charge >= 0.3 is 0 Å². The summed E-state index contributed by atoms with van der Waals surface area (Å²) in [5.74, 6) is -0.276. The molecule has 0 aliphatic carbocycles. The molecule has 0 aliphatic heterocycles. The van der Waals surface area contributed by atoms with Crippen LogP contribution in [-0.4, -0.2) is 30.9 Å². The van der Waals surface area contributed by atoms with Crippen LogP contribution in [0.15, 0.2) is 6.20 Å². The largest absolute Gasteiger partial charge is 0.395 e. The molecule has 0 fully saturated rings. The van der Waals surface area contributed by atoms with Gasteiger partial charge in [0.1, 0.15) is 5.01 Å². The molecule has 0 bridgehead atoms. The topological polar surface area (TPSA) is 79.3 Å². The number of rotatable bonds is 5. The summed E-state index contributed by atoms with van der Waals surface area (Å²) < 4.78 is 25.1. The lowest BCUT2D eigenvalue weighted by atomic mass is 10.4. The van der Waals surface area contributed by atoms with Gasteiger partial charge in [0.15, 0.2) is 0 Å². The normalized spacial score (nSPS) is 14.1. The fraction of sp³-hybridized carbons (Fsp3) is 0.625. The van der Waals surface area contributed by atoms with Crippen LogP contribution >= 0.6 is 11.3 Å². The van der Waals surface area contributed by atoms with Crippen molar-refractivity contribution in [3.63, 3.8) is 0 Å². The van der Waals surface area contributed by atoms with E-state index >= 15 is 0 Å². The molecule has 0 spiro atoms. The van der Waals surface area contributed by atoms with Crippen LogP contribution in [0.1, 0.15) is 22.9 Å². The second kappa shape index (κ2) is 5.02. The van der Waals surface area contributed by atoms with Gasteiger partial charge in [-0.05, 0) is 13.8 Å². The first-order valence-electron chi connectivity index (χ1n) is 4.48. The number of aromatic nitrogens is 1. The molecule has 7 heteroatoms. The van der Waals surface area contributed by atoms with Crippen LogP contribution in [0.3, 0.4) is 0 Å². The number of hydrogen-bond donors (Lipinski definition) is 2. The van der Waals surface area contributed by atoms with Gasteiger partial charge in [-0.1, -0.05) is 0 Å². The maximum atomic E-state index is 11.3. The Labute approximate surface area is 93.2 Å². The summed E-state index contributed by atoms with van der Waals surface area (Å²) in [5, 5.41) is 9.29. The maximum Gasteiger partial charge on any atom is 0.214 e. The average molecular weight is 250 g/mol. The van der Waals surface area contributed by atoms with Crippen molar-refractivity contribution in [1.82, 2.24) is 9.71 Å². The minimum Gasteiger partial charge on any atom is -0.395 e. The van der Waals surface area contributed by atoms with Crippen molar-refractivity contribution < 1.29 is 13.5 Å². The second-order valence-electron chi connectivity index (χ2n) is 3.19. The SMILES string of the molecule is Cc1cnc(C(C)NS(=O)(=O)CCO)s1. The highest BCUT2D eigenvalue weighted by molar-refractivity contribution is 7.89. The first-order valence-corrected chi connectivity index (χ1v) is 6.94. The number of hydrogen-bond acceptors (Lipinski definition) is 5. The van der Waals surface area contributed by atoms with Gasteiger partial charge in [0.25, 0.3) is 0 Å². The third kappa shape index (κ3) is 3.86. The molecular weight excluding hydrogens is 236 g/mol. The lowest BCUT2D eigenvalue weighted by Crippen LogP contribution is -2.30. The van der Waals surface area contributed by atoms with E-state index in [2.05, 4.69) is 9.71 Å². The van der Waals surface area contributed by atoms with Crippen molar-refractivity contribution in [2.75, 3.05) is 12.4 Å². The summed E-state index contributed by atoms with van der Waals surface area (Å²) in [6.07, 6.45) is 1.71. The molecule has 1 unspecified atom stereocenters. The van der Waals surface area contributed by atoms with Crippen LogP contribution < -0.4 is 4.72 Å². The number of aryl methyl sites for hydroxylation is 1. The van der Waals surface area contributed by atoms with E-state index in [4.69, 9.17) is 5.11 Å². The maximum absolute atomic E-state index is 11.3. The lowest BCUT2D eigenvalue weighted by molar-refractivity contribution is 0.319. The van der Waals surface area contributed by atoms with Crippen molar-refractivity contribution in [3.8, 4) is 0 Å². The van der Waals surface area contributed by atoms with E-state index in [9.17, 15) is 8.42 Å². The molecule has 15 heavy (non-hydrogen) atoms. The van der Waals surface area contributed by atoms with Gasteiger partial charge in [0, 0.05) is 11.1 Å². The number of sulfonamides is 1. The average Bonchev–Trinajstić information content (AvgIpc) is 2.50. The molecule has 0 amide bonds. The van der Waals surface area contributed by atoms with Crippen molar-refractivity contribution in [1.29, 1.82) is 0 Å². The van der Waals surface area contributed by atoms with E-state index in [-0.39, 0.29) is 18.4 Å². The molecule has 1 atom stereocenters. The lowest BCUT2D eigenvalue weighted by Gasteiger charge is -2.10. The third-order valence-electron chi connectivity index (χ3n) is 1.73. The quantitative estimate of drug-likeness (QED) is 0.794. The molecule has 0 saturated heterocycles. The van der Waals surface area contributed by atoms with Gasteiger partial charge in [0.05, 0.1) is 18.4 Å². The summed E-state index contributed by atoms with van der Waals surface area (Å²) in [5.41, 5.74) is 0. The molecule has 5 nitrogen and oxygen atoms in total. The molecule has 2 N–H and O–H groups in total. The van der Waals surface area contributed by atoms with Gasteiger partial charge in [-0.3, -0.25) is 0 Å². The fourth-order valence-corrected chi connectivity index (χ4v) is 2.93. The zero-order valence-corrected chi connectivity index (χ0v) is 10.2. The van der Waals surface area contributed by atoms with Crippen LogP contribution in [0.25, 0.3) is 0 Å². The van der Waals surface area contributed by atoms with Gasteiger partial charge < -0.3 is 5.11 Å². The predicted octanol–water partition coefficient (Wildman–Crippen LogP) is 0.424. The van der Waals surface area contributed by atoms with Gasteiger partial charge in [-0.15, -0.1) is 11.3 Å². The first kappa shape index (κ1) is 12.6. The summed E-state index contributed by atoms with van der Waals surface area (Å²) in [4.78, 5) is 5.13. The van der Waals surface area contributed by atoms with Crippen LogP contribution in [0, 0.1) is 6.92 Å². The number of aliphatic hydroxyl groups is 1. The summed E-state index contributed by atoms with van der Waals surface area (Å²) in [6, 6.07) is -0.347. The van der Waals surface area contributed by atoms with Crippen molar-refractivity contribution in [2.24, 2.45) is 0 Å². The van der Waals surface area contributed by atoms with Crippen molar-refractivity contribution >= 4 is 21.4 Å². The van der Waals surface area contributed by atoms with E-state index in [0.717, 1.165) is 9.88 Å². The van der Waals surface area contributed by atoms with Crippen LogP contribution in [-0.2, 0) is 10.0 Å². The number of nitrogens with zero attached hydrogens (tertiary/aromatic N) is 1. The second-order valence-corrected chi connectivity index (χ2v) is 6.33. The van der Waals surface area contributed by atoms with E-state index in [1.54, 1.807) is 13.1 Å². The van der Waals surface area contributed by atoms with Gasteiger partial charge in [-0.25, -0.2) is 18.1 Å². The minimum atomic E-state index is -3.40. The van der Waals surface area contributed by atoms with E-state index in [1.165, 1.54) is 11.3 Å². The van der Waals surface area contributed by atoms with Crippen LogP contribution in [0.4, 0.5) is 0 Å². The van der Waals surface area contributed by atoms with Crippen molar-refractivity contribution in [2.45, 2.75) is 19.9 Å². The minimum absolute atomic E-state index is 0.276. The Morgan fingerprint density at radius 3 is 2.80 bits per heavy atom. The van der Waals surface area contributed by atoms with Crippen LogP contribution in [0.2, 0.25) is 0 Å². The summed E-state index contributed by atoms with van der Waals surface area (Å²) >= 11 is 1.45. The molecule has 1 aromatic rings. The highest BCUT2D eigenvalue weighted by Gasteiger charge is 2.17. The molecule has 0 aromatic carbocycles.